The van der Waals surface area contributed by atoms with Crippen LogP contribution in [0.1, 0.15) is 37.8 Å². The number of rotatable bonds is 4. The molecule has 2 aromatic carbocycles. The van der Waals surface area contributed by atoms with Crippen LogP contribution in [0.3, 0.4) is 0 Å². The molecule has 0 radical (unpaired) electrons. The fourth-order valence-corrected chi connectivity index (χ4v) is 6.04. The van der Waals surface area contributed by atoms with Crippen molar-refractivity contribution in [1.82, 2.24) is 4.90 Å². The summed E-state index contributed by atoms with van der Waals surface area (Å²) >= 11 is 12.4. The van der Waals surface area contributed by atoms with Crippen LogP contribution in [0, 0.1) is 11.3 Å². The van der Waals surface area contributed by atoms with Gasteiger partial charge in [0.1, 0.15) is 12.1 Å². The second-order valence-electron chi connectivity index (χ2n) is 11.0. The summed E-state index contributed by atoms with van der Waals surface area (Å²) in [5.74, 6) is -1.25. The molecule has 0 aliphatic carbocycles. The molecule has 2 fully saturated rings. The third-order valence-electron chi connectivity index (χ3n) is 6.95. The molecule has 2 aliphatic heterocycles. The number of ether oxygens (including phenoxy) is 1. The fourth-order valence-electron chi connectivity index (χ4n) is 5.52. The molecule has 8 nitrogen and oxygen atoms in total. The number of anilines is 1. The van der Waals surface area contributed by atoms with Gasteiger partial charge in [0.2, 0.25) is 0 Å². The lowest BCUT2D eigenvalue weighted by Crippen LogP contribution is -2.56. The van der Waals surface area contributed by atoms with Gasteiger partial charge in [0.05, 0.1) is 36.8 Å². The number of likely N-dealkylation sites (N-methyl/N-ethyl adjacent to an activating group) is 2. The number of benzene rings is 2. The highest BCUT2D eigenvalue weighted by Gasteiger charge is 2.69. The van der Waals surface area contributed by atoms with Gasteiger partial charge in [0, 0.05) is 17.1 Å². The van der Waals surface area contributed by atoms with Crippen molar-refractivity contribution in [2.24, 2.45) is 0 Å². The summed E-state index contributed by atoms with van der Waals surface area (Å²) in [4.78, 5) is 43.3. The van der Waals surface area contributed by atoms with Crippen molar-refractivity contribution in [3.05, 3.63) is 63.6 Å². The molecule has 1 unspecified atom stereocenters. The molecular weight excluding hydrogens is 515 g/mol. The second-order valence-corrected chi connectivity index (χ2v) is 11.9. The zero-order valence-electron chi connectivity index (χ0n) is 21.4. The Morgan fingerprint density at radius 1 is 1.16 bits per heavy atom. The largest absolute Gasteiger partial charge is 0.456 e. The smallest absolute Gasteiger partial charge is 0.362 e. The van der Waals surface area contributed by atoms with Crippen molar-refractivity contribution in [3.63, 3.8) is 0 Å². The summed E-state index contributed by atoms with van der Waals surface area (Å²) < 4.78 is 5.77. The number of halogens is 2. The van der Waals surface area contributed by atoms with Crippen LogP contribution in [0.5, 0.6) is 0 Å². The zero-order valence-corrected chi connectivity index (χ0v) is 22.9. The van der Waals surface area contributed by atoms with Gasteiger partial charge in [-0.2, -0.15) is 5.26 Å². The Balaban J connectivity index is 1.81. The van der Waals surface area contributed by atoms with E-state index in [4.69, 9.17) is 27.9 Å². The van der Waals surface area contributed by atoms with E-state index in [0.717, 1.165) is 10.5 Å². The Labute approximate surface area is 226 Å². The van der Waals surface area contributed by atoms with E-state index in [1.165, 1.54) is 23.1 Å². The number of esters is 1. The summed E-state index contributed by atoms with van der Waals surface area (Å²) in [6.07, 6.45) is 0. The van der Waals surface area contributed by atoms with E-state index in [-0.39, 0.29) is 29.2 Å². The lowest BCUT2D eigenvalue weighted by atomic mass is 9.80. The first-order chi connectivity index (χ1) is 17.2. The summed E-state index contributed by atoms with van der Waals surface area (Å²) in [5, 5.41) is 9.86. The van der Waals surface area contributed by atoms with Crippen molar-refractivity contribution in [2.75, 3.05) is 38.6 Å². The predicted molar refractivity (Wildman–Crippen MR) is 140 cm³/mol. The van der Waals surface area contributed by atoms with E-state index in [0.29, 0.717) is 22.2 Å². The van der Waals surface area contributed by atoms with Crippen molar-refractivity contribution < 1.29 is 23.6 Å². The molecule has 3 atom stereocenters. The Hall–Kier alpha value is -3.12. The highest BCUT2D eigenvalue weighted by molar-refractivity contribution is 6.35. The first-order valence-corrected chi connectivity index (χ1v) is 12.6. The van der Waals surface area contributed by atoms with Gasteiger partial charge in [0.25, 0.3) is 5.91 Å². The molecule has 0 aromatic heterocycles. The van der Waals surface area contributed by atoms with Crippen molar-refractivity contribution >= 4 is 46.8 Å². The number of imide groups is 1. The third-order valence-corrected chi connectivity index (χ3v) is 7.39. The van der Waals surface area contributed by atoms with E-state index >= 15 is 0 Å². The molecule has 10 heteroatoms. The minimum absolute atomic E-state index is 0.0318. The number of nitriles is 1. The molecule has 1 spiro atoms. The van der Waals surface area contributed by atoms with E-state index in [1.807, 2.05) is 7.05 Å². The van der Waals surface area contributed by atoms with Gasteiger partial charge in [-0.1, -0.05) is 35.3 Å². The summed E-state index contributed by atoms with van der Waals surface area (Å²) in [7, 11) is 3.49. The maximum atomic E-state index is 14.3. The molecule has 2 saturated heterocycles. The molecule has 2 heterocycles. The molecule has 37 heavy (non-hydrogen) atoms. The van der Waals surface area contributed by atoms with E-state index < -0.39 is 29.0 Å². The Morgan fingerprint density at radius 3 is 2.30 bits per heavy atom. The molecule has 4 rings (SSSR count). The maximum Gasteiger partial charge on any atom is 0.362 e. The van der Waals surface area contributed by atoms with Gasteiger partial charge < -0.3 is 14.1 Å². The highest BCUT2D eigenvalue weighted by atomic mass is 35.5. The lowest BCUT2D eigenvalue weighted by molar-refractivity contribution is -0.892. The Kier molecular flexibility index (Phi) is 6.78. The van der Waals surface area contributed by atoms with Crippen LogP contribution in [0.2, 0.25) is 10.0 Å². The molecule has 0 bridgehead atoms. The van der Waals surface area contributed by atoms with E-state index in [9.17, 15) is 19.6 Å². The molecule has 3 amide bonds. The molecule has 0 N–H and O–H groups in total. The number of hydrogen-bond donors (Lipinski definition) is 0. The summed E-state index contributed by atoms with van der Waals surface area (Å²) in [5.41, 5.74) is -0.374. The standard InChI is InChI=1S/C27H29Cl2N4O4/c1-26(2,3)37-23(34)15-33(5)14-22(18-8-6-17(13-30)7-9-18)27(16-33)24(35)32(25(36)31(27)4)21-11-19(28)10-20(29)12-21/h6-12,22H,14-16H2,1-5H3/q+1/t22-,27+,33?/m0/s1. The number of quaternary nitrogens is 1. The topological polar surface area (TPSA) is 90.7 Å². The number of hydrogen-bond acceptors (Lipinski definition) is 5. The summed E-state index contributed by atoms with van der Waals surface area (Å²) in [6.45, 7) is 6.04. The van der Waals surface area contributed by atoms with Crippen LogP contribution in [0.4, 0.5) is 10.5 Å². The molecular formula is C27H29Cl2N4O4+. The van der Waals surface area contributed by atoms with E-state index in [2.05, 4.69) is 6.07 Å². The quantitative estimate of drug-likeness (QED) is 0.319. The van der Waals surface area contributed by atoms with Crippen molar-refractivity contribution in [1.29, 1.82) is 5.26 Å². The normalized spacial score (nSPS) is 25.6. The highest BCUT2D eigenvalue weighted by Crippen LogP contribution is 2.48. The SMILES string of the molecule is CN1C(=O)N(c2cc(Cl)cc(Cl)c2)C(=O)[C@]12C[N+](C)(CC(=O)OC(C)(C)C)C[C@H]2c1ccc(C#N)cc1. The van der Waals surface area contributed by atoms with Crippen LogP contribution >= 0.6 is 23.2 Å². The minimum Gasteiger partial charge on any atom is -0.456 e. The maximum absolute atomic E-state index is 14.3. The first-order valence-electron chi connectivity index (χ1n) is 11.8. The number of urea groups is 1. The number of amides is 3. The molecule has 2 aliphatic rings. The van der Waals surface area contributed by atoms with Gasteiger partial charge in [-0.05, 0) is 56.7 Å². The Bertz CT molecular complexity index is 1300. The zero-order chi connectivity index (χ0) is 27.3. The third kappa shape index (κ3) is 4.91. The van der Waals surface area contributed by atoms with Gasteiger partial charge in [-0.25, -0.2) is 14.5 Å². The molecule has 194 valence electrons. The number of likely N-dealkylation sites (tertiary alicyclic amines) is 1. The predicted octanol–water partition coefficient (Wildman–Crippen LogP) is 4.59. The molecule has 2 aromatic rings. The van der Waals surface area contributed by atoms with Crippen LogP contribution in [-0.2, 0) is 14.3 Å². The minimum atomic E-state index is -1.28. The van der Waals surface area contributed by atoms with Crippen LogP contribution < -0.4 is 4.90 Å². The van der Waals surface area contributed by atoms with Crippen LogP contribution in [-0.4, -0.2) is 72.2 Å². The van der Waals surface area contributed by atoms with Gasteiger partial charge in [-0.3, -0.25) is 4.79 Å². The van der Waals surface area contributed by atoms with Crippen LogP contribution in [0.25, 0.3) is 0 Å². The lowest BCUT2D eigenvalue weighted by Gasteiger charge is -2.33. The van der Waals surface area contributed by atoms with Gasteiger partial charge in [0.15, 0.2) is 12.1 Å². The average Bonchev–Trinajstić information content (AvgIpc) is 3.18. The van der Waals surface area contributed by atoms with Crippen molar-refractivity contribution in [2.45, 2.75) is 37.8 Å². The van der Waals surface area contributed by atoms with Gasteiger partial charge in [-0.15, -0.1) is 0 Å². The second kappa shape index (κ2) is 9.32. The van der Waals surface area contributed by atoms with Crippen LogP contribution in [0.15, 0.2) is 42.5 Å². The molecule has 0 saturated carbocycles. The van der Waals surface area contributed by atoms with E-state index in [1.54, 1.807) is 52.1 Å². The van der Waals surface area contributed by atoms with Crippen molar-refractivity contribution in [3.8, 4) is 6.07 Å². The average molecular weight is 544 g/mol. The number of carbonyl (C=O) groups excluding carboxylic acids is 3. The fraction of sp³-hybridized carbons (Fsp3) is 0.407. The van der Waals surface area contributed by atoms with Gasteiger partial charge >= 0.3 is 12.0 Å². The number of nitrogens with zero attached hydrogens (tertiary/aromatic N) is 4. The summed E-state index contributed by atoms with van der Waals surface area (Å²) in [6, 6.07) is 13.2. The first kappa shape index (κ1) is 26.9. The Morgan fingerprint density at radius 2 is 1.76 bits per heavy atom. The number of carbonyl (C=O) groups is 3. The monoisotopic (exact) mass is 543 g/mol.